The molecule has 0 spiro atoms. The Morgan fingerprint density at radius 3 is 2.21 bits per heavy atom. The lowest BCUT2D eigenvalue weighted by Crippen LogP contribution is -2.50. The van der Waals surface area contributed by atoms with Crippen molar-refractivity contribution in [3.05, 3.63) is 0 Å². The monoisotopic (exact) mass is 270 g/mol. The predicted molar refractivity (Wildman–Crippen MR) is 74.1 cm³/mol. The predicted octanol–water partition coefficient (Wildman–Crippen LogP) is 2.41. The fourth-order valence-electron chi connectivity index (χ4n) is 1.99. The topological polar surface area (TPSA) is 60.9 Å². The van der Waals surface area contributed by atoms with Gasteiger partial charge in [-0.2, -0.15) is 0 Å². The molecule has 0 saturated heterocycles. The number of hydrogen-bond donors (Lipinski definition) is 1. The van der Waals surface area contributed by atoms with Gasteiger partial charge in [0, 0.05) is 25.7 Å². The van der Waals surface area contributed by atoms with Crippen molar-refractivity contribution in [3.63, 3.8) is 0 Å². The van der Waals surface area contributed by atoms with E-state index in [9.17, 15) is 9.59 Å². The quantitative estimate of drug-likeness (QED) is 0.834. The second-order valence-corrected chi connectivity index (χ2v) is 6.50. The first kappa shape index (κ1) is 15.8. The molecule has 1 aliphatic rings. The van der Waals surface area contributed by atoms with Gasteiger partial charge in [-0.25, -0.2) is 4.79 Å². The Kier molecular flexibility index (Phi) is 4.82. The van der Waals surface area contributed by atoms with Gasteiger partial charge in [-0.1, -0.05) is 20.8 Å². The van der Waals surface area contributed by atoms with Crippen LogP contribution in [0.5, 0.6) is 0 Å². The molecule has 0 heterocycles. The van der Waals surface area contributed by atoms with Crippen LogP contribution < -0.4 is 0 Å². The Morgan fingerprint density at radius 2 is 1.84 bits per heavy atom. The molecule has 1 fully saturated rings. The molecule has 1 atom stereocenters. The van der Waals surface area contributed by atoms with Crippen molar-refractivity contribution in [1.82, 2.24) is 9.80 Å². The molecule has 5 nitrogen and oxygen atoms in total. The molecule has 1 N–H and O–H groups in total. The van der Waals surface area contributed by atoms with E-state index in [0.717, 1.165) is 12.8 Å². The van der Waals surface area contributed by atoms with Gasteiger partial charge in [0.15, 0.2) is 0 Å². The van der Waals surface area contributed by atoms with E-state index in [1.54, 1.807) is 16.8 Å². The second-order valence-electron chi connectivity index (χ2n) is 6.50. The number of aliphatic carboxylic acids is 1. The highest BCUT2D eigenvalue weighted by Gasteiger charge is 2.36. The molecule has 0 bridgehead atoms. The fourth-order valence-corrected chi connectivity index (χ4v) is 1.99. The number of carboxylic acid groups (broad SMARTS) is 1. The van der Waals surface area contributed by atoms with Crippen LogP contribution in [0.15, 0.2) is 0 Å². The van der Waals surface area contributed by atoms with Gasteiger partial charge in [-0.3, -0.25) is 4.79 Å². The van der Waals surface area contributed by atoms with Crippen molar-refractivity contribution in [2.24, 2.45) is 5.41 Å². The van der Waals surface area contributed by atoms with Crippen molar-refractivity contribution < 1.29 is 14.7 Å². The molecule has 0 aliphatic heterocycles. The summed E-state index contributed by atoms with van der Waals surface area (Å²) in [7, 11) is 1.80. The Labute approximate surface area is 115 Å². The molecule has 110 valence electrons. The maximum Gasteiger partial charge on any atom is 0.320 e. The highest BCUT2D eigenvalue weighted by Crippen LogP contribution is 2.30. The summed E-state index contributed by atoms with van der Waals surface area (Å²) in [6.07, 6.45) is 1.99. The van der Waals surface area contributed by atoms with Crippen LogP contribution in [0, 0.1) is 5.41 Å². The highest BCUT2D eigenvalue weighted by molar-refractivity contribution is 5.76. The Bertz CT molecular complexity index is 345. The summed E-state index contributed by atoms with van der Waals surface area (Å²) >= 11 is 0. The third-order valence-corrected chi connectivity index (χ3v) is 3.94. The zero-order chi connectivity index (χ0) is 14.8. The summed E-state index contributed by atoms with van der Waals surface area (Å²) < 4.78 is 0. The molecule has 0 aromatic heterocycles. The second kappa shape index (κ2) is 5.80. The number of carbonyl (C=O) groups is 2. The van der Waals surface area contributed by atoms with Crippen LogP contribution in [0.1, 0.15) is 47.0 Å². The van der Waals surface area contributed by atoms with Crippen LogP contribution in [0.4, 0.5) is 4.79 Å². The van der Waals surface area contributed by atoms with Gasteiger partial charge < -0.3 is 14.9 Å². The summed E-state index contributed by atoms with van der Waals surface area (Å²) in [5, 5.41) is 8.77. The number of nitrogens with zero attached hydrogens (tertiary/aromatic N) is 2. The molecule has 5 heteroatoms. The molecule has 1 aliphatic carbocycles. The standard InChI is InChI=1S/C14H26N2O3/c1-10(14(2,3)4)15(5)13(19)16(11-6-7-11)9-8-12(17)18/h10-11H,6-9H2,1-5H3,(H,17,18). The first-order valence-corrected chi connectivity index (χ1v) is 6.89. The number of carboxylic acids is 1. The SMILES string of the molecule is CC(N(C)C(=O)N(CCC(=O)O)C1CC1)C(C)(C)C. The largest absolute Gasteiger partial charge is 0.481 e. The average Bonchev–Trinajstić information content (AvgIpc) is 3.09. The first-order chi connectivity index (χ1) is 8.64. The third-order valence-electron chi connectivity index (χ3n) is 3.94. The third kappa shape index (κ3) is 4.40. The van der Waals surface area contributed by atoms with E-state index in [1.165, 1.54) is 0 Å². The van der Waals surface area contributed by atoms with E-state index >= 15 is 0 Å². The Hall–Kier alpha value is -1.26. The molecule has 1 rings (SSSR count). The normalized spacial score (nSPS) is 16.9. The van der Waals surface area contributed by atoms with Crippen molar-refractivity contribution in [1.29, 1.82) is 0 Å². The van der Waals surface area contributed by atoms with E-state index in [-0.39, 0.29) is 30.0 Å². The van der Waals surface area contributed by atoms with Crippen LogP contribution >= 0.6 is 0 Å². The molecule has 1 saturated carbocycles. The maximum atomic E-state index is 12.5. The van der Waals surface area contributed by atoms with Crippen LogP contribution in [0.2, 0.25) is 0 Å². The summed E-state index contributed by atoms with van der Waals surface area (Å²) in [6, 6.07) is 0.290. The summed E-state index contributed by atoms with van der Waals surface area (Å²) in [5.74, 6) is -0.857. The Morgan fingerprint density at radius 1 is 1.32 bits per heavy atom. The molecule has 0 aromatic carbocycles. The smallest absolute Gasteiger partial charge is 0.320 e. The van der Waals surface area contributed by atoms with Gasteiger partial charge >= 0.3 is 12.0 Å². The molecule has 2 amide bonds. The zero-order valence-corrected chi connectivity index (χ0v) is 12.6. The number of hydrogen-bond acceptors (Lipinski definition) is 2. The van der Waals surface area contributed by atoms with Crippen LogP contribution in [-0.2, 0) is 4.79 Å². The Balaban J connectivity index is 2.68. The van der Waals surface area contributed by atoms with Gasteiger partial charge in [-0.15, -0.1) is 0 Å². The van der Waals surface area contributed by atoms with Gasteiger partial charge in [0.1, 0.15) is 0 Å². The number of rotatable bonds is 5. The first-order valence-electron chi connectivity index (χ1n) is 6.89. The van der Waals surface area contributed by atoms with Crippen LogP contribution in [0.25, 0.3) is 0 Å². The fraction of sp³-hybridized carbons (Fsp3) is 0.857. The van der Waals surface area contributed by atoms with E-state index in [1.807, 2.05) is 6.92 Å². The molecular weight excluding hydrogens is 244 g/mol. The van der Waals surface area contributed by atoms with E-state index < -0.39 is 5.97 Å². The van der Waals surface area contributed by atoms with Gasteiger partial charge in [0.25, 0.3) is 0 Å². The summed E-state index contributed by atoms with van der Waals surface area (Å²) in [6.45, 7) is 8.63. The minimum Gasteiger partial charge on any atom is -0.481 e. The number of carbonyl (C=O) groups excluding carboxylic acids is 1. The minimum absolute atomic E-state index is 0.00638. The van der Waals surface area contributed by atoms with Crippen LogP contribution in [0.3, 0.4) is 0 Å². The average molecular weight is 270 g/mol. The lowest BCUT2D eigenvalue weighted by Gasteiger charge is -2.38. The van der Waals surface area contributed by atoms with Gasteiger partial charge in [0.05, 0.1) is 6.42 Å². The lowest BCUT2D eigenvalue weighted by molar-refractivity contribution is -0.137. The number of urea groups is 1. The van der Waals surface area contributed by atoms with Crippen molar-refractivity contribution in [3.8, 4) is 0 Å². The van der Waals surface area contributed by atoms with Gasteiger partial charge in [-0.05, 0) is 25.2 Å². The zero-order valence-electron chi connectivity index (χ0n) is 12.6. The van der Waals surface area contributed by atoms with Crippen LogP contribution in [-0.4, -0.2) is 52.6 Å². The van der Waals surface area contributed by atoms with Crippen molar-refractivity contribution in [2.75, 3.05) is 13.6 Å². The molecular formula is C14H26N2O3. The molecule has 1 unspecified atom stereocenters. The van der Waals surface area contributed by atoms with E-state index in [2.05, 4.69) is 20.8 Å². The number of amides is 2. The van der Waals surface area contributed by atoms with Crippen molar-refractivity contribution in [2.45, 2.75) is 59.0 Å². The highest BCUT2D eigenvalue weighted by atomic mass is 16.4. The lowest BCUT2D eigenvalue weighted by atomic mass is 9.87. The van der Waals surface area contributed by atoms with Crippen molar-refractivity contribution >= 4 is 12.0 Å². The molecule has 19 heavy (non-hydrogen) atoms. The minimum atomic E-state index is -0.857. The maximum absolute atomic E-state index is 12.5. The van der Waals surface area contributed by atoms with E-state index in [4.69, 9.17) is 5.11 Å². The summed E-state index contributed by atoms with van der Waals surface area (Å²) in [5.41, 5.74) is 0.00638. The molecule has 0 radical (unpaired) electrons. The summed E-state index contributed by atoms with van der Waals surface area (Å²) in [4.78, 5) is 26.6. The molecule has 0 aromatic rings. The van der Waals surface area contributed by atoms with Gasteiger partial charge in [0.2, 0.25) is 0 Å². The van der Waals surface area contributed by atoms with E-state index in [0.29, 0.717) is 6.54 Å².